The molecule has 5 nitrogen and oxygen atoms in total. The molecule has 1 atom stereocenters. The first-order chi connectivity index (χ1) is 17.6. The van der Waals surface area contributed by atoms with Crippen molar-refractivity contribution in [2.75, 3.05) is 26.4 Å². The van der Waals surface area contributed by atoms with Crippen LogP contribution in [0.2, 0.25) is 0 Å². The molecule has 3 aromatic carbocycles. The van der Waals surface area contributed by atoms with Crippen molar-refractivity contribution in [2.24, 2.45) is 0 Å². The lowest BCUT2D eigenvalue weighted by atomic mass is 10.0. The number of ether oxygens (including phenoxy) is 4. The lowest BCUT2D eigenvalue weighted by Gasteiger charge is -2.15. The minimum Gasteiger partial charge on any atom is -0.494 e. The number of hydrogen-bond acceptors (Lipinski definition) is 5. The summed E-state index contributed by atoms with van der Waals surface area (Å²) >= 11 is 0. The minimum atomic E-state index is -0.597. The van der Waals surface area contributed by atoms with E-state index in [4.69, 9.17) is 18.9 Å². The Balaban J connectivity index is 1.45. The third kappa shape index (κ3) is 5.97. The van der Waals surface area contributed by atoms with Crippen molar-refractivity contribution in [1.82, 2.24) is 0 Å². The monoisotopic (exact) mass is 486 g/mol. The number of benzene rings is 3. The molecule has 0 fully saturated rings. The predicted molar refractivity (Wildman–Crippen MR) is 142 cm³/mol. The maximum atomic E-state index is 12.1. The van der Waals surface area contributed by atoms with E-state index in [1.165, 1.54) is 22.3 Å². The summed E-state index contributed by atoms with van der Waals surface area (Å²) in [7, 11) is 0. The van der Waals surface area contributed by atoms with Crippen molar-refractivity contribution >= 4 is 11.5 Å². The van der Waals surface area contributed by atoms with Gasteiger partial charge in [-0.3, -0.25) is 0 Å². The van der Waals surface area contributed by atoms with E-state index >= 15 is 0 Å². The van der Waals surface area contributed by atoms with Gasteiger partial charge in [0, 0.05) is 13.0 Å². The maximum Gasteiger partial charge on any atom is 0.335 e. The molecule has 0 aliphatic heterocycles. The van der Waals surface area contributed by atoms with Gasteiger partial charge < -0.3 is 18.9 Å². The molecule has 0 saturated carbocycles. The van der Waals surface area contributed by atoms with Crippen molar-refractivity contribution < 1.29 is 23.7 Å². The Morgan fingerprint density at radius 2 is 1.53 bits per heavy atom. The first kappa shape index (κ1) is 25.5. The van der Waals surface area contributed by atoms with Crippen LogP contribution in [0.4, 0.5) is 0 Å². The van der Waals surface area contributed by atoms with Crippen LogP contribution in [0.3, 0.4) is 0 Å². The number of hydrogen-bond donors (Lipinski definition) is 0. The van der Waals surface area contributed by atoms with Gasteiger partial charge in [-0.2, -0.15) is 0 Å². The Hall–Kier alpha value is -3.57. The molecular weight excluding hydrogens is 452 g/mol. The van der Waals surface area contributed by atoms with Crippen LogP contribution in [0.5, 0.6) is 11.5 Å². The van der Waals surface area contributed by atoms with Crippen molar-refractivity contribution in [3.05, 3.63) is 89.5 Å². The molecule has 0 aromatic heterocycles. The van der Waals surface area contributed by atoms with Crippen molar-refractivity contribution in [3.63, 3.8) is 0 Å². The summed E-state index contributed by atoms with van der Waals surface area (Å²) in [4.78, 5) is 12.1. The van der Waals surface area contributed by atoms with E-state index < -0.39 is 6.10 Å². The molecule has 4 rings (SSSR count). The smallest absolute Gasteiger partial charge is 0.335 e. The second kappa shape index (κ2) is 12.4. The van der Waals surface area contributed by atoms with Gasteiger partial charge in [0.15, 0.2) is 6.10 Å². The first-order valence-electron chi connectivity index (χ1n) is 12.7. The molecule has 0 N–H and O–H groups in total. The molecule has 0 amide bonds. The molecule has 1 aliphatic rings. The third-order valence-electron chi connectivity index (χ3n) is 6.06. The minimum absolute atomic E-state index is 0.327. The van der Waals surface area contributed by atoms with Crippen LogP contribution >= 0.6 is 0 Å². The van der Waals surface area contributed by atoms with E-state index in [2.05, 4.69) is 49.4 Å². The number of rotatable bonds is 12. The lowest BCUT2D eigenvalue weighted by molar-refractivity contribution is -0.156. The lowest BCUT2D eigenvalue weighted by Crippen LogP contribution is -2.28. The third-order valence-corrected chi connectivity index (χ3v) is 6.06. The van der Waals surface area contributed by atoms with E-state index in [1.54, 1.807) is 6.92 Å². The Morgan fingerprint density at radius 3 is 2.25 bits per heavy atom. The van der Waals surface area contributed by atoms with Crippen molar-refractivity contribution in [3.8, 4) is 22.6 Å². The zero-order valence-electron chi connectivity index (χ0n) is 21.3. The second-order valence-electron chi connectivity index (χ2n) is 8.57. The SMILES string of the molecule is CCCOc1ccc2c(c1)/C(=C/COc1ccc(CC(OCC)C(=O)OCC)cc1)c1ccccc1-2. The van der Waals surface area contributed by atoms with Gasteiger partial charge in [0.2, 0.25) is 0 Å². The van der Waals surface area contributed by atoms with E-state index in [1.807, 2.05) is 37.3 Å². The van der Waals surface area contributed by atoms with Gasteiger partial charge in [0.25, 0.3) is 0 Å². The van der Waals surface area contributed by atoms with Crippen LogP contribution in [-0.2, 0) is 20.7 Å². The summed E-state index contributed by atoms with van der Waals surface area (Å²) in [6.45, 7) is 7.71. The average molecular weight is 487 g/mol. The highest BCUT2D eigenvalue weighted by Gasteiger charge is 2.23. The maximum absolute atomic E-state index is 12.1. The first-order valence-corrected chi connectivity index (χ1v) is 12.7. The zero-order chi connectivity index (χ0) is 25.3. The van der Waals surface area contributed by atoms with Gasteiger partial charge in [-0.1, -0.05) is 49.4 Å². The number of carbonyl (C=O) groups excluding carboxylic acids is 1. The number of fused-ring (bicyclic) bond motifs is 3. The molecule has 0 radical (unpaired) electrons. The Labute approximate surface area is 213 Å². The molecule has 188 valence electrons. The van der Waals surface area contributed by atoms with Crippen molar-refractivity contribution in [1.29, 1.82) is 0 Å². The molecule has 0 bridgehead atoms. The highest BCUT2D eigenvalue weighted by Crippen LogP contribution is 2.45. The fraction of sp³-hybridized carbons (Fsp3) is 0.323. The molecular formula is C31H34O5. The fourth-order valence-electron chi connectivity index (χ4n) is 4.41. The van der Waals surface area contributed by atoms with E-state index in [0.29, 0.717) is 32.8 Å². The summed E-state index contributed by atoms with van der Waals surface area (Å²) in [6.07, 6.45) is 2.98. The van der Waals surface area contributed by atoms with Gasteiger partial charge >= 0.3 is 5.97 Å². The largest absolute Gasteiger partial charge is 0.494 e. The zero-order valence-corrected chi connectivity index (χ0v) is 21.3. The Morgan fingerprint density at radius 1 is 0.806 bits per heavy atom. The molecule has 0 spiro atoms. The normalized spacial score (nSPS) is 13.7. The Bertz CT molecular complexity index is 1200. The van der Waals surface area contributed by atoms with Crippen LogP contribution in [0.25, 0.3) is 16.7 Å². The molecule has 3 aromatic rings. The molecule has 5 heteroatoms. The molecule has 1 aliphatic carbocycles. The second-order valence-corrected chi connectivity index (χ2v) is 8.57. The summed E-state index contributed by atoms with van der Waals surface area (Å²) < 4.78 is 22.6. The standard InChI is InChI=1S/C31H34O5/c1-4-18-35-24-15-16-27-25-9-7-8-10-26(25)28(29(27)21-24)17-19-36-23-13-11-22(12-14-23)20-30(33-5-2)31(32)34-6-3/h7-17,21,30H,4-6,18-20H2,1-3H3/b28-17+. The molecule has 36 heavy (non-hydrogen) atoms. The van der Waals surface area contributed by atoms with Crippen LogP contribution in [0, 0.1) is 0 Å². The van der Waals surface area contributed by atoms with Gasteiger partial charge in [-0.15, -0.1) is 0 Å². The summed E-state index contributed by atoms with van der Waals surface area (Å²) in [5.41, 5.74) is 6.98. The van der Waals surface area contributed by atoms with Crippen LogP contribution in [0.1, 0.15) is 43.9 Å². The van der Waals surface area contributed by atoms with Gasteiger partial charge in [0.05, 0.1) is 13.2 Å². The van der Waals surface area contributed by atoms with E-state index in [-0.39, 0.29) is 5.97 Å². The van der Waals surface area contributed by atoms with Gasteiger partial charge in [-0.25, -0.2) is 4.79 Å². The highest BCUT2D eigenvalue weighted by molar-refractivity contribution is 6.01. The highest BCUT2D eigenvalue weighted by atomic mass is 16.6. The van der Waals surface area contributed by atoms with Gasteiger partial charge in [0.1, 0.15) is 18.1 Å². The van der Waals surface area contributed by atoms with Gasteiger partial charge in [-0.05, 0) is 84.0 Å². The van der Waals surface area contributed by atoms with E-state index in [0.717, 1.165) is 29.1 Å². The predicted octanol–water partition coefficient (Wildman–Crippen LogP) is 6.48. The molecule has 0 heterocycles. The quantitative estimate of drug-likeness (QED) is 0.215. The van der Waals surface area contributed by atoms with Crippen LogP contribution in [0.15, 0.2) is 72.8 Å². The van der Waals surface area contributed by atoms with E-state index in [9.17, 15) is 4.79 Å². The Kier molecular flexibility index (Phi) is 8.80. The van der Waals surface area contributed by atoms with Crippen molar-refractivity contribution in [2.45, 2.75) is 39.7 Å². The number of esters is 1. The molecule has 1 unspecified atom stereocenters. The summed E-state index contributed by atoms with van der Waals surface area (Å²) in [5, 5.41) is 0. The molecule has 0 saturated heterocycles. The summed E-state index contributed by atoms with van der Waals surface area (Å²) in [6, 6.07) is 22.6. The topological polar surface area (TPSA) is 54.0 Å². The average Bonchev–Trinajstić information content (AvgIpc) is 3.21. The summed E-state index contributed by atoms with van der Waals surface area (Å²) in [5.74, 6) is 1.33. The van der Waals surface area contributed by atoms with Crippen LogP contribution in [-0.4, -0.2) is 38.5 Å². The number of carbonyl (C=O) groups is 1. The van der Waals surface area contributed by atoms with Crippen LogP contribution < -0.4 is 9.47 Å². The fourth-order valence-corrected chi connectivity index (χ4v) is 4.41.